The molecule has 0 saturated heterocycles. The third-order valence-corrected chi connectivity index (χ3v) is 2.73. The van der Waals surface area contributed by atoms with E-state index in [9.17, 15) is 9.59 Å². The summed E-state index contributed by atoms with van der Waals surface area (Å²) in [5.74, 6) is -0.674. The molecule has 0 aliphatic heterocycles. The minimum Gasteiger partial charge on any atom is -0.460 e. The van der Waals surface area contributed by atoms with E-state index in [-0.39, 0.29) is 17.9 Å². The van der Waals surface area contributed by atoms with Crippen molar-refractivity contribution in [1.29, 1.82) is 0 Å². The van der Waals surface area contributed by atoms with Gasteiger partial charge in [0.1, 0.15) is 0 Å². The molecule has 1 rings (SSSR count). The first kappa shape index (κ1) is 14.8. The molecule has 0 unspecified atom stereocenters. The van der Waals surface area contributed by atoms with Crippen molar-refractivity contribution in [3.05, 3.63) is 40.9 Å². The van der Waals surface area contributed by atoms with Gasteiger partial charge in [0.05, 0.1) is 13.5 Å². The highest BCUT2D eigenvalue weighted by molar-refractivity contribution is 6.33. The van der Waals surface area contributed by atoms with Gasteiger partial charge in [-0.3, -0.25) is 4.79 Å². The van der Waals surface area contributed by atoms with E-state index < -0.39 is 5.97 Å². The minimum atomic E-state index is -0.676. The van der Waals surface area contributed by atoms with Gasteiger partial charge in [-0.25, -0.2) is 4.79 Å². The number of rotatable bonds is 6. The van der Waals surface area contributed by atoms with E-state index in [1.54, 1.807) is 12.1 Å². The van der Waals surface area contributed by atoms with E-state index in [0.29, 0.717) is 18.4 Å². The van der Waals surface area contributed by atoms with Gasteiger partial charge in [0.25, 0.3) is 0 Å². The van der Waals surface area contributed by atoms with Gasteiger partial charge in [0.15, 0.2) is 5.78 Å². The summed E-state index contributed by atoms with van der Waals surface area (Å²) in [5.41, 5.74) is 10.3. The minimum absolute atomic E-state index is 0.00200. The number of ether oxygens (including phenoxy) is 1. The standard InChI is InChI=1S/C14H16N2O3/c1-10-6-8-11(9-7-10)13(17)5-3-4-12(16-15)14(18)19-2/h6-9H,3-5H2,1-2H3. The number of carbonyl (C=O) groups is 2. The molecule has 0 radical (unpaired) electrons. The fourth-order valence-corrected chi connectivity index (χ4v) is 1.61. The van der Waals surface area contributed by atoms with Crippen LogP contribution in [0, 0.1) is 6.92 Å². The highest BCUT2D eigenvalue weighted by atomic mass is 16.5. The number of hydrogen-bond donors (Lipinski definition) is 0. The molecular formula is C14H16N2O3. The number of nitrogens with zero attached hydrogens (tertiary/aromatic N) is 2. The summed E-state index contributed by atoms with van der Waals surface area (Å²) in [6, 6.07) is 7.31. The summed E-state index contributed by atoms with van der Waals surface area (Å²) in [5, 5.41) is 0. The van der Waals surface area contributed by atoms with Crippen LogP contribution in [0.2, 0.25) is 0 Å². The third-order valence-electron chi connectivity index (χ3n) is 2.73. The molecule has 0 spiro atoms. The Hall–Kier alpha value is -2.26. The van der Waals surface area contributed by atoms with E-state index in [0.717, 1.165) is 5.56 Å². The zero-order valence-corrected chi connectivity index (χ0v) is 11.0. The summed E-state index contributed by atoms with van der Waals surface area (Å²) in [6.45, 7) is 1.95. The number of Topliss-reactive ketones (excluding diaryl/α,β-unsaturated/α-hetero) is 1. The van der Waals surface area contributed by atoms with Gasteiger partial charge in [-0.1, -0.05) is 29.8 Å². The average molecular weight is 260 g/mol. The Kier molecular flexibility index (Phi) is 5.64. The molecule has 19 heavy (non-hydrogen) atoms. The lowest BCUT2D eigenvalue weighted by atomic mass is 10.0. The lowest BCUT2D eigenvalue weighted by Gasteiger charge is -2.00. The van der Waals surface area contributed by atoms with Gasteiger partial charge in [0, 0.05) is 12.0 Å². The van der Waals surface area contributed by atoms with Crippen molar-refractivity contribution in [1.82, 2.24) is 0 Å². The van der Waals surface area contributed by atoms with Crippen molar-refractivity contribution in [2.24, 2.45) is 0 Å². The Morgan fingerprint density at radius 2 is 1.84 bits per heavy atom. The van der Waals surface area contributed by atoms with Crippen LogP contribution in [0.1, 0.15) is 35.2 Å². The van der Waals surface area contributed by atoms with E-state index in [1.165, 1.54) is 7.11 Å². The lowest BCUT2D eigenvalue weighted by Crippen LogP contribution is -2.17. The topological polar surface area (TPSA) is 79.8 Å². The maximum atomic E-state index is 11.8. The van der Waals surface area contributed by atoms with Gasteiger partial charge in [0.2, 0.25) is 0 Å². The summed E-state index contributed by atoms with van der Waals surface area (Å²) in [4.78, 5) is 25.8. The Bertz CT molecular complexity index is 514. The second kappa shape index (κ2) is 7.24. The van der Waals surface area contributed by atoms with Gasteiger partial charge >= 0.3 is 11.7 Å². The molecule has 5 heteroatoms. The Balaban J connectivity index is 2.49. The molecule has 0 N–H and O–H groups in total. The molecule has 0 fully saturated rings. The van der Waals surface area contributed by atoms with E-state index in [1.807, 2.05) is 19.1 Å². The molecule has 0 amide bonds. The molecule has 100 valence electrons. The summed E-state index contributed by atoms with van der Waals surface area (Å²) >= 11 is 0. The highest BCUT2D eigenvalue weighted by Gasteiger charge is 2.20. The maximum Gasteiger partial charge on any atom is 0.416 e. The number of ketones is 1. The van der Waals surface area contributed by atoms with Crippen molar-refractivity contribution in [3.63, 3.8) is 0 Å². The largest absolute Gasteiger partial charge is 0.460 e. The smallest absolute Gasteiger partial charge is 0.416 e. The molecule has 0 saturated carbocycles. The van der Waals surface area contributed by atoms with E-state index in [2.05, 4.69) is 9.53 Å². The Labute approximate surface area is 111 Å². The first-order chi connectivity index (χ1) is 9.08. The van der Waals surface area contributed by atoms with Gasteiger partial charge in [-0.2, -0.15) is 4.79 Å². The predicted molar refractivity (Wildman–Crippen MR) is 70.0 cm³/mol. The van der Waals surface area contributed by atoms with Crippen LogP contribution in [0.5, 0.6) is 0 Å². The van der Waals surface area contributed by atoms with Crippen molar-refractivity contribution >= 4 is 17.5 Å². The van der Waals surface area contributed by atoms with Crippen LogP contribution >= 0.6 is 0 Å². The van der Waals surface area contributed by atoms with Crippen molar-refractivity contribution in [3.8, 4) is 0 Å². The molecule has 5 nitrogen and oxygen atoms in total. The quantitative estimate of drug-likeness (QED) is 0.258. The number of aryl methyl sites for hydroxylation is 1. The first-order valence-electron chi connectivity index (χ1n) is 5.97. The van der Waals surface area contributed by atoms with Crippen LogP contribution < -0.4 is 0 Å². The van der Waals surface area contributed by atoms with Crippen LogP contribution in [0.15, 0.2) is 24.3 Å². The fraction of sp³-hybridized carbons (Fsp3) is 0.357. The number of esters is 1. The molecule has 0 aromatic heterocycles. The second-order valence-electron chi connectivity index (χ2n) is 4.18. The molecule has 0 bridgehead atoms. The van der Waals surface area contributed by atoms with Gasteiger partial charge in [-0.05, 0) is 13.3 Å². The molecule has 0 atom stereocenters. The monoisotopic (exact) mass is 260 g/mol. The molecular weight excluding hydrogens is 244 g/mol. The Morgan fingerprint density at radius 3 is 2.37 bits per heavy atom. The zero-order chi connectivity index (χ0) is 14.3. The van der Waals surface area contributed by atoms with Crippen molar-refractivity contribution < 1.29 is 19.1 Å². The van der Waals surface area contributed by atoms with E-state index in [4.69, 9.17) is 5.53 Å². The molecule has 1 aromatic carbocycles. The zero-order valence-electron chi connectivity index (χ0n) is 11.0. The highest BCUT2D eigenvalue weighted by Crippen LogP contribution is 2.09. The average Bonchev–Trinajstić information content (AvgIpc) is 2.43. The first-order valence-corrected chi connectivity index (χ1v) is 5.97. The van der Waals surface area contributed by atoms with Crippen LogP contribution in [-0.2, 0) is 9.53 Å². The van der Waals surface area contributed by atoms with Gasteiger partial charge < -0.3 is 10.3 Å². The number of methoxy groups -OCH3 is 1. The third kappa shape index (κ3) is 4.48. The molecule has 1 aromatic rings. The summed E-state index contributed by atoms with van der Waals surface area (Å²) < 4.78 is 4.44. The molecule has 0 heterocycles. The maximum absolute atomic E-state index is 11.8. The van der Waals surface area contributed by atoms with Crippen LogP contribution in [0.4, 0.5) is 0 Å². The number of hydrogen-bond acceptors (Lipinski definition) is 3. The van der Waals surface area contributed by atoms with Gasteiger partial charge in [-0.15, -0.1) is 0 Å². The van der Waals surface area contributed by atoms with Crippen molar-refractivity contribution in [2.75, 3.05) is 7.11 Å². The predicted octanol–water partition coefficient (Wildman–Crippen LogP) is 2.19. The summed E-state index contributed by atoms with van der Waals surface area (Å²) in [6.07, 6.45) is 0.932. The van der Waals surface area contributed by atoms with E-state index >= 15 is 0 Å². The lowest BCUT2D eigenvalue weighted by molar-refractivity contribution is -0.137. The number of benzene rings is 1. The SMILES string of the molecule is COC(=O)C(CCCC(=O)c1ccc(C)cc1)=[N+]=[N-]. The Morgan fingerprint density at radius 1 is 1.21 bits per heavy atom. The molecule has 0 aliphatic rings. The number of carbonyl (C=O) groups excluding carboxylic acids is 2. The normalized spacial score (nSPS) is 9.58. The fourth-order valence-electron chi connectivity index (χ4n) is 1.61. The van der Waals surface area contributed by atoms with Crippen molar-refractivity contribution in [2.45, 2.75) is 26.2 Å². The van der Waals surface area contributed by atoms with Crippen LogP contribution in [0.3, 0.4) is 0 Å². The van der Waals surface area contributed by atoms with Crippen LogP contribution in [0.25, 0.3) is 5.53 Å². The second-order valence-corrected chi connectivity index (χ2v) is 4.18. The summed E-state index contributed by atoms with van der Waals surface area (Å²) in [7, 11) is 1.21. The van der Waals surface area contributed by atoms with Crippen LogP contribution in [-0.4, -0.2) is 29.4 Å². The molecule has 0 aliphatic carbocycles.